The molecule has 2 saturated heterocycles. The van der Waals surface area contributed by atoms with Crippen molar-refractivity contribution in [2.24, 2.45) is 17.8 Å². The molecule has 2 amide bonds. The van der Waals surface area contributed by atoms with Crippen LogP contribution in [0, 0.1) is 17.8 Å². The monoisotopic (exact) mass is 875 g/mol. The molecule has 0 saturated carbocycles. The minimum absolute atomic E-state index is 0.140. The number of benzene rings is 4. The Kier molecular flexibility index (Phi) is 13.0. The first kappa shape index (κ1) is 43.0. The molecule has 306 valence electrons. The Balaban J connectivity index is 1.32. The highest BCUT2D eigenvalue weighted by Crippen LogP contribution is 2.52. The fourth-order valence-electron chi connectivity index (χ4n) is 9.70. The van der Waals surface area contributed by atoms with Crippen molar-refractivity contribution in [1.29, 1.82) is 0 Å². The van der Waals surface area contributed by atoms with Crippen molar-refractivity contribution in [3.05, 3.63) is 130 Å². The molecule has 3 aliphatic rings. The first-order valence-corrected chi connectivity index (χ1v) is 23.3. The highest BCUT2D eigenvalue weighted by molar-refractivity contribution is 9.10. The van der Waals surface area contributed by atoms with Crippen molar-refractivity contribution in [3.8, 4) is 5.75 Å². The van der Waals surface area contributed by atoms with Gasteiger partial charge in [-0.05, 0) is 100 Å². The molecule has 0 unspecified atom stereocenters. The van der Waals surface area contributed by atoms with E-state index in [2.05, 4.69) is 67.9 Å². The fourth-order valence-corrected chi connectivity index (χ4v) is 14.6. The summed E-state index contributed by atoms with van der Waals surface area (Å²) < 4.78 is 14.8. The van der Waals surface area contributed by atoms with Crippen molar-refractivity contribution in [1.82, 2.24) is 0 Å². The maximum absolute atomic E-state index is 14.6. The predicted octanol–water partition coefficient (Wildman–Crippen LogP) is 6.38. The number of aromatic hydroxyl groups is 1. The molecule has 9 nitrogen and oxygen atoms in total. The van der Waals surface area contributed by atoms with Gasteiger partial charge in [0.1, 0.15) is 5.75 Å². The molecule has 59 heavy (non-hydrogen) atoms. The third kappa shape index (κ3) is 8.61. The highest BCUT2D eigenvalue weighted by atomic mass is 79.9. The lowest BCUT2D eigenvalue weighted by Crippen LogP contribution is -2.66. The second-order valence-corrected chi connectivity index (χ2v) is 22.3. The minimum atomic E-state index is -3.04. The summed E-state index contributed by atoms with van der Waals surface area (Å²) >= 11 is 3.53. The number of carbonyl (C=O) groups excluding carboxylic acids is 2. The summed E-state index contributed by atoms with van der Waals surface area (Å²) in [5.74, 6) is -2.50. The lowest BCUT2D eigenvalue weighted by atomic mass is 9.58. The summed E-state index contributed by atoms with van der Waals surface area (Å²) in [5, 5.41) is 43.9. The van der Waals surface area contributed by atoms with Gasteiger partial charge in [0.05, 0.1) is 30.2 Å². The van der Waals surface area contributed by atoms with Crippen molar-refractivity contribution >= 4 is 77.9 Å². The third-order valence-corrected chi connectivity index (χ3v) is 17.7. The smallest absolute Gasteiger partial charge is 0.488 e. The van der Waals surface area contributed by atoms with Gasteiger partial charge in [-0.15, -0.1) is 0 Å². The number of halogens is 1. The van der Waals surface area contributed by atoms with Gasteiger partial charge in [-0.25, -0.2) is 0 Å². The molecule has 1 aliphatic carbocycles. The van der Waals surface area contributed by atoms with E-state index in [9.17, 15) is 29.8 Å². The zero-order chi connectivity index (χ0) is 42.1. The number of phenolic OH excluding ortho intramolecular Hbond substituents is 1. The average Bonchev–Trinajstić information content (AvgIpc) is 3.47. The number of imide groups is 1. The van der Waals surface area contributed by atoms with E-state index in [1.165, 1.54) is 17.0 Å². The van der Waals surface area contributed by atoms with Gasteiger partial charge in [-0.2, -0.15) is 0 Å². The normalized spacial score (nSPS) is 21.2. The maximum Gasteiger partial charge on any atom is 0.488 e. The Morgan fingerprint density at radius 3 is 2.24 bits per heavy atom. The average molecular weight is 877 g/mol. The van der Waals surface area contributed by atoms with Crippen LogP contribution >= 0.6 is 15.9 Å². The molecular weight excluding hydrogens is 824 g/mol. The Morgan fingerprint density at radius 1 is 0.932 bits per heavy atom. The van der Waals surface area contributed by atoms with Crippen LogP contribution in [0.2, 0.25) is 11.4 Å². The zero-order valence-corrected chi connectivity index (χ0v) is 36.6. The molecular formula is C46H52B2BrNO8Si. The van der Waals surface area contributed by atoms with Crippen LogP contribution in [-0.2, 0) is 18.7 Å². The van der Waals surface area contributed by atoms with E-state index in [4.69, 9.17) is 9.08 Å². The number of rotatable bonds is 13. The lowest BCUT2D eigenvalue weighted by molar-refractivity contribution is -0.122. The van der Waals surface area contributed by atoms with Crippen LogP contribution < -0.4 is 20.7 Å². The van der Waals surface area contributed by atoms with Gasteiger partial charge in [0.25, 0.3) is 8.32 Å². The van der Waals surface area contributed by atoms with Gasteiger partial charge in [-0.1, -0.05) is 134 Å². The van der Waals surface area contributed by atoms with Crippen molar-refractivity contribution in [2.75, 3.05) is 11.5 Å². The number of carbonyl (C=O) groups is 2. The second kappa shape index (κ2) is 17.9. The number of phenols is 1. The molecule has 2 heterocycles. The van der Waals surface area contributed by atoms with Crippen molar-refractivity contribution in [2.45, 2.75) is 77.3 Å². The van der Waals surface area contributed by atoms with Crippen LogP contribution in [0.4, 0.5) is 5.69 Å². The molecule has 4 N–H and O–H groups in total. The molecule has 7 rings (SSSR count). The third-order valence-electron chi connectivity index (χ3n) is 12.3. The molecule has 4 atom stereocenters. The zero-order valence-electron chi connectivity index (χ0n) is 34.1. The Labute approximate surface area is 357 Å². The van der Waals surface area contributed by atoms with Gasteiger partial charge in [0, 0.05) is 10.0 Å². The molecule has 0 spiro atoms. The predicted molar refractivity (Wildman–Crippen MR) is 240 cm³/mol. The maximum atomic E-state index is 14.6. The van der Waals surface area contributed by atoms with Crippen LogP contribution in [0.1, 0.15) is 65.4 Å². The van der Waals surface area contributed by atoms with Crippen LogP contribution in [-0.4, -0.2) is 67.3 Å². The summed E-state index contributed by atoms with van der Waals surface area (Å²) in [7, 11) is -5.98. The Morgan fingerprint density at radius 2 is 1.61 bits per heavy atom. The van der Waals surface area contributed by atoms with Gasteiger partial charge in [-0.3, -0.25) is 14.5 Å². The number of anilines is 1. The van der Waals surface area contributed by atoms with Crippen LogP contribution in [0.15, 0.2) is 124 Å². The molecule has 0 bridgehead atoms. The fraction of sp³-hybridized carbons (Fsp3) is 0.348. The van der Waals surface area contributed by atoms with Gasteiger partial charge in [0.2, 0.25) is 11.8 Å². The largest absolute Gasteiger partial charge is 0.507 e. The summed E-state index contributed by atoms with van der Waals surface area (Å²) in [5.41, 5.74) is 4.10. The van der Waals surface area contributed by atoms with E-state index in [1.54, 1.807) is 24.3 Å². The minimum Gasteiger partial charge on any atom is -0.507 e. The van der Waals surface area contributed by atoms with Crippen molar-refractivity contribution < 1.29 is 38.8 Å². The van der Waals surface area contributed by atoms with Gasteiger partial charge >= 0.3 is 14.2 Å². The first-order valence-electron chi connectivity index (χ1n) is 20.6. The molecule has 0 aromatic heterocycles. The van der Waals surface area contributed by atoms with E-state index in [-0.39, 0.29) is 53.1 Å². The second-order valence-electron chi connectivity index (χ2n) is 17.0. The van der Waals surface area contributed by atoms with Crippen LogP contribution in [0.25, 0.3) is 6.08 Å². The molecule has 2 aliphatic heterocycles. The van der Waals surface area contributed by atoms with Crippen LogP contribution in [0.3, 0.4) is 0 Å². The standard InChI is InChI=1S/C46H52B2BrNO8Si/c1-5-13-30(24-31-25-34(49)21-22-40(31)51)20-23-41-42-32(29-57-59(46(2,3)4,36-16-8-6-9-17-36)37-18-10-7-11-19-37)26-38-43(39(42)28-47(54)58-41)45(53)50(44(38)52)35-15-12-14-33(27-35)48(55)56/h6-12,14-19,21-22,24-25,27,38-39,41,43,51,54-56H,5,13,20,23,26,28-29H2,1-4H3/b30-24+/t38-,39+,41-,43-/m1/s1. The number of hydrogen-bond acceptors (Lipinski definition) is 8. The summed E-state index contributed by atoms with van der Waals surface area (Å²) in [6.45, 7) is 8.98. The molecule has 0 radical (unpaired) electrons. The van der Waals surface area contributed by atoms with E-state index >= 15 is 0 Å². The number of nitrogens with zero attached hydrogens (tertiary/aromatic N) is 1. The number of amides is 2. The molecule has 2 fully saturated rings. The topological polar surface area (TPSA) is 137 Å². The van der Waals surface area contributed by atoms with E-state index in [1.807, 2.05) is 48.5 Å². The molecule has 4 aromatic carbocycles. The van der Waals surface area contributed by atoms with Crippen molar-refractivity contribution in [3.63, 3.8) is 0 Å². The molecule has 4 aromatic rings. The summed E-state index contributed by atoms with van der Waals surface area (Å²) in [6, 6.07) is 32.3. The van der Waals surface area contributed by atoms with Gasteiger partial charge in [0.15, 0.2) is 0 Å². The lowest BCUT2D eigenvalue weighted by Gasteiger charge is -2.46. The summed E-state index contributed by atoms with van der Waals surface area (Å²) in [6.07, 6.45) is 4.67. The van der Waals surface area contributed by atoms with E-state index in [0.717, 1.165) is 44.4 Å². The number of hydrogen-bond donors (Lipinski definition) is 4. The highest BCUT2D eigenvalue weighted by Gasteiger charge is 2.58. The number of fused-ring (bicyclic) bond motifs is 3. The van der Waals surface area contributed by atoms with Crippen LogP contribution in [0.5, 0.6) is 5.75 Å². The Hall–Kier alpha value is -4.07. The van der Waals surface area contributed by atoms with E-state index in [0.29, 0.717) is 18.4 Å². The summed E-state index contributed by atoms with van der Waals surface area (Å²) in [4.78, 5) is 30.3. The molecule has 13 heteroatoms. The first-order chi connectivity index (χ1) is 28.2. The van der Waals surface area contributed by atoms with Gasteiger partial charge < -0.3 is 29.3 Å². The van der Waals surface area contributed by atoms with E-state index < -0.39 is 46.4 Å². The quantitative estimate of drug-likeness (QED) is 0.0692. The Bertz CT molecular complexity index is 2190. The SMILES string of the molecule is CCC/C(=C\c1cc(Br)ccc1O)CC[C@H]1OB(O)C[C@H]2C1=C(CO[Si](c1ccccc1)(c1ccccc1)C(C)(C)C)C[C@H]1C(=O)N(c3cccc(B(O)O)c3)C(=O)[C@H]12. The number of allylic oxidation sites excluding steroid dienone is 1.